The summed E-state index contributed by atoms with van der Waals surface area (Å²) in [5, 5.41) is 20.7. The Morgan fingerprint density at radius 3 is 2.48 bits per heavy atom. The maximum Gasteiger partial charge on any atom is 0.271 e. The Labute approximate surface area is 146 Å². The fraction of sp³-hybridized carbons (Fsp3) is 0.667. The molecule has 25 heavy (non-hydrogen) atoms. The Balaban J connectivity index is 1.46. The third kappa shape index (κ3) is 2.90. The molecule has 0 radical (unpaired) electrons. The molecular formula is C18H23N5O2. The van der Waals surface area contributed by atoms with E-state index < -0.39 is 0 Å². The molecule has 4 saturated carbocycles. The number of hydrogen-bond acceptors (Lipinski definition) is 4. The summed E-state index contributed by atoms with van der Waals surface area (Å²) in [5.41, 5.74) is 0.409. The van der Waals surface area contributed by atoms with Crippen molar-refractivity contribution in [3.8, 4) is 6.07 Å². The SMILES string of the molecule is N#CCCNC(=O)c1[nH]ncc1NC(=O)C12CC3CC(CC(C3)C1)C2. The number of nitrogens with one attached hydrogen (secondary N) is 3. The van der Waals surface area contributed by atoms with E-state index in [2.05, 4.69) is 20.8 Å². The molecule has 4 aliphatic carbocycles. The van der Waals surface area contributed by atoms with Crippen molar-refractivity contribution in [1.82, 2.24) is 15.5 Å². The molecule has 0 aromatic carbocycles. The van der Waals surface area contributed by atoms with Crippen molar-refractivity contribution < 1.29 is 9.59 Å². The quantitative estimate of drug-likeness (QED) is 0.713. The third-order valence-electron chi connectivity index (χ3n) is 6.16. The predicted molar refractivity (Wildman–Crippen MR) is 90.4 cm³/mol. The fourth-order valence-electron chi connectivity index (χ4n) is 5.52. The Morgan fingerprint density at radius 1 is 1.24 bits per heavy atom. The smallest absolute Gasteiger partial charge is 0.271 e. The van der Waals surface area contributed by atoms with Crippen molar-refractivity contribution in [1.29, 1.82) is 5.26 Å². The molecule has 132 valence electrons. The van der Waals surface area contributed by atoms with Crippen LogP contribution >= 0.6 is 0 Å². The number of amides is 2. The van der Waals surface area contributed by atoms with Gasteiger partial charge in [-0.25, -0.2) is 0 Å². The minimum Gasteiger partial charge on any atom is -0.350 e. The van der Waals surface area contributed by atoms with Gasteiger partial charge in [-0.15, -0.1) is 0 Å². The second-order valence-electron chi connectivity index (χ2n) is 7.97. The zero-order valence-corrected chi connectivity index (χ0v) is 14.2. The highest BCUT2D eigenvalue weighted by molar-refractivity contribution is 6.03. The lowest BCUT2D eigenvalue weighted by Gasteiger charge is -2.55. The first-order chi connectivity index (χ1) is 12.1. The highest BCUT2D eigenvalue weighted by Gasteiger charge is 2.54. The van der Waals surface area contributed by atoms with E-state index in [1.807, 2.05) is 6.07 Å². The average Bonchev–Trinajstić information content (AvgIpc) is 3.02. The number of anilines is 1. The van der Waals surface area contributed by atoms with E-state index in [9.17, 15) is 9.59 Å². The average molecular weight is 341 g/mol. The number of nitriles is 1. The number of carbonyl (C=O) groups excluding carboxylic acids is 2. The van der Waals surface area contributed by atoms with Crippen LogP contribution in [0.4, 0.5) is 5.69 Å². The van der Waals surface area contributed by atoms with Gasteiger partial charge < -0.3 is 10.6 Å². The number of H-pyrrole nitrogens is 1. The Bertz CT molecular complexity index is 697. The van der Waals surface area contributed by atoms with Crippen molar-refractivity contribution in [2.75, 3.05) is 11.9 Å². The molecule has 4 fully saturated rings. The van der Waals surface area contributed by atoms with Gasteiger partial charge >= 0.3 is 0 Å². The van der Waals surface area contributed by atoms with Crippen LogP contribution in [0.2, 0.25) is 0 Å². The number of aromatic nitrogens is 2. The monoisotopic (exact) mass is 341 g/mol. The van der Waals surface area contributed by atoms with Crippen LogP contribution in [0, 0.1) is 34.5 Å². The summed E-state index contributed by atoms with van der Waals surface area (Å²) >= 11 is 0. The largest absolute Gasteiger partial charge is 0.350 e. The van der Waals surface area contributed by atoms with E-state index in [-0.39, 0.29) is 35.9 Å². The van der Waals surface area contributed by atoms with Crippen LogP contribution in [0.5, 0.6) is 0 Å². The Hall–Kier alpha value is -2.36. The van der Waals surface area contributed by atoms with Crippen LogP contribution < -0.4 is 10.6 Å². The molecule has 0 unspecified atom stereocenters. The molecule has 0 aliphatic heterocycles. The van der Waals surface area contributed by atoms with Crippen molar-refractivity contribution in [2.45, 2.75) is 44.9 Å². The number of hydrogen-bond donors (Lipinski definition) is 3. The number of nitrogens with zero attached hydrogens (tertiary/aromatic N) is 2. The van der Waals surface area contributed by atoms with Gasteiger partial charge in [0.25, 0.3) is 5.91 Å². The lowest BCUT2D eigenvalue weighted by Crippen LogP contribution is -2.51. The molecule has 5 rings (SSSR count). The van der Waals surface area contributed by atoms with E-state index in [1.54, 1.807) is 0 Å². The van der Waals surface area contributed by atoms with Crippen LogP contribution in [0.15, 0.2) is 6.20 Å². The second-order valence-corrected chi connectivity index (χ2v) is 7.97. The van der Waals surface area contributed by atoms with Crippen molar-refractivity contribution in [3.05, 3.63) is 11.9 Å². The summed E-state index contributed by atoms with van der Waals surface area (Å²) in [7, 11) is 0. The highest BCUT2D eigenvalue weighted by atomic mass is 16.2. The van der Waals surface area contributed by atoms with E-state index in [4.69, 9.17) is 5.26 Å². The topological polar surface area (TPSA) is 111 Å². The number of carbonyl (C=O) groups is 2. The zero-order valence-electron chi connectivity index (χ0n) is 14.2. The van der Waals surface area contributed by atoms with Gasteiger partial charge in [0.05, 0.1) is 29.8 Å². The van der Waals surface area contributed by atoms with Crippen molar-refractivity contribution in [2.24, 2.45) is 23.2 Å². The highest BCUT2D eigenvalue weighted by Crippen LogP contribution is 2.60. The molecule has 0 spiro atoms. The normalized spacial score (nSPS) is 32.2. The van der Waals surface area contributed by atoms with Gasteiger partial charge in [0.2, 0.25) is 5.91 Å². The molecule has 1 heterocycles. The molecule has 4 bridgehead atoms. The second kappa shape index (κ2) is 6.17. The minimum atomic E-state index is -0.353. The minimum absolute atomic E-state index is 0.0408. The van der Waals surface area contributed by atoms with Crippen LogP contribution in [-0.2, 0) is 4.79 Å². The van der Waals surface area contributed by atoms with Crippen LogP contribution in [0.1, 0.15) is 55.4 Å². The summed E-state index contributed by atoms with van der Waals surface area (Å²) in [4.78, 5) is 25.3. The van der Waals surface area contributed by atoms with Crippen LogP contribution in [0.3, 0.4) is 0 Å². The van der Waals surface area contributed by atoms with Crippen molar-refractivity contribution in [3.63, 3.8) is 0 Å². The zero-order chi connectivity index (χ0) is 17.4. The summed E-state index contributed by atoms with van der Waals surface area (Å²) in [5.74, 6) is 1.76. The summed E-state index contributed by atoms with van der Waals surface area (Å²) in [6.07, 6.45) is 8.51. The predicted octanol–water partition coefficient (Wildman–Crippen LogP) is 2.21. The van der Waals surface area contributed by atoms with Gasteiger partial charge in [-0.3, -0.25) is 14.7 Å². The molecular weight excluding hydrogens is 318 g/mol. The first-order valence-corrected chi connectivity index (χ1v) is 9.09. The van der Waals surface area contributed by atoms with Crippen molar-refractivity contribution >= 4 is 17.5 Å². The fourth-order valence-corrected chi connectivity index (χ4v) is 5.52. The van der Waals surface area contributed by atoms with E-state index in [1.165, 1.54) is 25.5 Å². The van der Waals surface area contributed by atoms with Gasteiger partial charge in [0.1, 0.15) is 5.69 Å². The first-order valence-electron chi connectivity index (χ1n) is 9.09. The molecule has 3 N–H and O–H groups in total. The Kier molecular flexibility index (Phi) is 3.98. The molecule has 1 aromatic heterocycles. The summed E-state index contributed by atoms with van der Waals surface area (Å²) < 4.78 is 0. The molecule has 1 aromatic rings. The molecule has 7 nitrogen and oxygen atoms in total. The molecule has 4 aliphatic rings. The number of rotatable bonds is 5. The van der Waals surface area contributed by atoms with Gasteiger partial charge in [0.15, 0.2) is 0 Å². The van der Waals surface area contributed by atoms with Crippen LogP contribution in [0.25, 0.3) is 0 Å². The lowest BCUT2D eigenvalue weighted by molar-refractivity contribution is -0.140. The van der Waals surface area contributed by atoms with E-state index in [0.717, 1.165) is 19.3 Å². The Morgan fingerprint density at radius 2 is 1.88 bits per heavy atom. The van der Waals surface area contributed by atoms with E-state index in [0.29, 0.717) is 23.4 Å². The molecule has 7 heteroatoms. The molecule has 2 amide bonds. The molecule has 0 saturated heterocycles. The maximum absolute atomic E-state index is 13.1. The van der Waals surface area contributed by atoms with Gasteiger partial charge in [-0.2, -0.15) is 10.4 Å². The van der Waals surface area contributed by atoms with E-state index >= 15 is 0 Å². The van der Waals surface area contributed by atoms with Gasteiger partial charge in [0, 0.05) is 6.54 Å². The summed E-state index contributed by atoms with van der Waals surface area (Å²) in [6.45, 7) is 0.275. The lowest BCUT2D eigenvalue weighted by atomic mass is 9.49. The number of aromatic amines is 1. The summed E-state index contributed by atoms with van der Waals surface area (Å²) in [6, 6.07) is 1.98. The first kappa shape index (κ1) is 16.1. The van der Waals surface area contributed by atoms with Gasteiger partial charge in [-0.1, -0.05) is 0 Å². The third-order valence-corrected chi connectivity index (χ3v) is 6.16. The molecule has 0 atom stereocenters. The van der Waals surface area contributed by atoms with Crippen LogP contribution in [-0.4, -0.2) is 28.6 Å². The van der Waals surface area contributed by atoms with Gasteiger partial charge in [-0.05, 0) is 56.3 Å². The maximum atomic E-state index is 13.1. The standard InChI is InChI=1S/C18H23N5O2/c19-2-1-3-20-16(24)15-14(10-21-23-15)22-17(25)18-7-11-4-12(8-18)6-13(5-11)9-18/h10-13H,1,3-9H2,(H,20,24)(H,21,23)(H,22,25).